The Morgan fingerprint density at radius 1 is 1.23 bits per heavy atom. The van der Waals surface area contributed by atoms with E-state index < -0.39 is 5.41 Å². The molecule has 2 amide bonds. The summed E-state index contributed by atoms with van der Waals surface area (Å²) >= 11 is 17.9. The second-order valence-electron chi connectivity index (χ2n) is 6.51. The summed E-state index contributed by atoms with van der Waals surface area (Å²) in [7, 11) is 0. The van der Waals surface area contributed by atoms with Gasteiger partial charge >= 0.3 is 0 Å². The third-order valence-electron chi connectivity index (χ3n) is 4.30. The van der Waals surface area contributed by atoms with Crippen LogP contribution < -0.4 is 10.2 Å². The van der Waals surface area contributed by atoms with Crippen LogP contribution in [0.4, 0.5) is 5.69 Å². The van der Waals surface area contributed by atoms with Gasteiger partial charge in [-0.05, 0) is 42.8 Å². The van der Waals surface area contributed by atoms with Crippen molar-refractivity contribution in [2.75, 3.05) is 11.4 Å². The van der Waals surface area contributed by atoms with Crippen molar-refractivity contribution in [2.45, 2.75) is 19.9 Å². The molecule has 26 heavy (non-hydrogen) atoms. The van der Waals surface area contributed by atoms with E-state index in [1.807, 2.05) is 0 Å². The molecule has 5 nitrogen and oxygen atoms in total. The second-order valence-corrected chi connectivity index (χ2v) is 7.77. The number of anilines is 1. The lowest BCUT2D eigenvalue weighted by Crippen LogP contribution is -2.40. The predicted octanol–water partition coefficient (Wildman–Crippen LogP) is 4.10. The largest absolute Gasteiger partial charge is 0.351 e. The van der Waals surface area contributed by atoms with Gasteiger partial charge in [0, 0.05) is 41.4 Å². The molecule has 1 N–H and O–H groups in total. The molecule has 0 radical (unpaired) electrons. The lowest BCUT2D eigenvalue weighted by atomic mass is 9.88. The summed E-state index contributed by atoms with van der Waals surface area (Å²) in [5, 5.41) is 4.11. The Balaban J connectivity index is 1.71. The van der Waals surface area contributed by atoms with Crippen molar-refractivity contribution in [1.82, 2.24) is 10.3 Å². The Hall–Kier alpha value is -1.82. The molecule has 2 aromatic rings. The standard InChI is InChI=1S/C18H16Cl3N3O2/c1-18(17(26)23-9-11-2-3-22-15(21)4-11)8-16(25)24(10-18)14-6-12(19)5-13(20)7-14/h2-7H,8-10H2,1H3,(H,23,26). The van der Waals surface area contributed by atoms with Crippen molar-refractivity contribution < 1.29 is 9.59 Å². The van der Waals surface area contributed by atoms with E-state index in [1.54, 1.807) is 48.4 Å². The Bertz CT molecular complexity index is 854. The number of hydrogen-bond acceptors (Lipinski definition) is 3. The van der Waals surface area contributed by atoms with Crippen molar-refractivity contribution in [2.24, 2.45) is 5.41 Å². The normalized spacial score (nSPS) is 19.7. The van der Waals surface area contributed by atoms with Gasteiger partial charge < -0.3 is 10.2 Å². The SMILES string of the molecule is CC1(C(=O)NCc2ccnc(Cl)c2)CC(=O)N(c2cc(Cl)cc(Cl)c2)C1. The molecule has 1 aliphatic rings. The fourth-order valence-electron chi connectivity index (χ4n) is 2.95. The van der Waals surface area contributed by atoms with Crippen molar-refractivity contribution in [3.05, 3.63) is 57.3 Å². The van der Waals surface area contributed by atoms with Crippen LogP contribution in [-0.4, -0.2) is 23.3 Å². The molecule has 1 unspecified atom stereocenters. The molecular weight excluding hydrogens is 397 g/mol. The first-order valence-electron chi connectivity index (χ1n) is 7.92. The van der Waals surface area contributed by atoms with Crippen LogP contribution in [0, 0.1) is 5.41 Å². The first kappa shape index (κ1) is 19.0. The predicted molar refractivity (Wildman–Crippen MR) is 103 cm³/mol. The molecule has 1 fully saturated rings. The zero-order chi connectivity index (χ0) is 18.9. The number of nitrogens with zero attached hydrogens (tertiary/aromatic N) is 2. The van der Waals surface area contributed by atoms with E-state index in [4.69, 9.17) is 34.8 Å². The molecule has 8 heteroatoms. The lowest BCUT2D eigenvalue weighted by molar-refractivity contribution is -0.131. The second kappa shape index (κ2) is 7.43. The van der Waals surface area contributed by atoms with Crippen molar-refractivity contribution in [3.63, 3.8) is 0 Å². The quantitative estimate of drug-likeness (QED) is 0.769. The van der Waals surface area contributed by atoms with Crippen LogP contribution in [0.1, 0.15) is 18.9 Å². The van der Waals surface area contributed by atoms with Gasteiger partial charge in [-0.15, -0.1) is 0 Å². The zero-order valence-electron chi connectivity index (χ0n) is 13.9. The molecule has 1 atom stereocenters. The summed E-state index contributed by atoms with van der Waals surface area (Å²) in [5.74, 6) is -0.345. The van der Waals surface area contributed by atoms with Crippen LogP contribution in [0.3, 0.4) is 0 Å². The maximum atomic E-state index is 12.7. The van der Waals surface area contributed by atoms with Gasteiger partial charge in [-0.25, -0.2) is 4.98 Å². The third-order valence-corrected chi connectivity index (χ3v) is 4.94. The Morgan fingerprint density at radius 2 is 1.92 bits per heavy atom. The van der Waals surface area contributed by atoms with Gasteiger partial charge in [0.05, 0.1) is 5.41 Å². The summed E-state index contributed by atoms with van der Waals surface area (Å²) in [6.45, 7) is 2.34. The van der Waals surface area contributed by atoms with Crippen LogP contribution in [0.2, 0.25) is 15.2 Å². The highest BCUT2D eigenvalue weighted by atomic mass is 35.5. The molecule has 1 saturated heterocycles. The summed E-state index contributed by atoms with van der Waals surface area (Å²) in [6.07, 6.45) is 1.69. The monoisotopic (exact) mass is 411 g/mol. The number of nitrogens with one attached hydrogen (secondary N) is 1. The van der Waals surface area contributed by atoms with Gasteiger partial charge in [0.2, 0.25) is 11.8 Å². The molecule has 1 aromatic carbocycles. The smallest absolute Gasteiger partial charge is 0.228 e. The van der Waals surface area contributed by atoms with Crippen LogP contribution in [-0.2, 0) is 16.1 Å². The van der Waals surface area contributed by atoms with Crippen LogP contribution >= 0.6 is 34.8 Å². The van der Waals surface area contributed by atoms with Gasteiger partial charge in [0.15, 0.2) is 0 Å². The molecule has 0 spiro atoms. The average molecular weight is 413 g/mol. The van der Waals surface area contributed by atoms with E-state index in [0.717, 1.165) is 5.56 Å². The van der Waals surface area contributed by atoms with E-state index in [2.05, 4.69) is 10.3 Å². The Morgan fingerprint density at radius 3 is 2.58 bits per heavy atom. The summed E-state index contributed by atoms with van der Waals surface area (Å²) < 4.78 is 0. The lowest BCUT2D eigenvalue weighted by Gasteiger charge is -2.23. The van der Waals surface area contributed by atoms with E-state index in [-0.39, 0.29) is 24.8 Å². The number of amides is 2. The number of rotatable bonds is 4. The van der Waals surface area contributed by atoms with E-state index in [9.17, 15) is 9.59 Å². The van der Waals surface area contributed by atoms with Crippen molar-refractivity contribution in [1.29, 1.82) is 0 Å². The zero-order valence-corrected chi connectivity index (χ0v) is 16.2. The number of aromatic nitrogens is 1. The highest BCUT2D eigenvalue weighted by molar-refractivity contribution is 6.35. The molecule has 0 saturated carbocycles. The van der Waals surface area contributed by atoms with E-state index >= 15 is 0 Å². The maximum absolute atomic E-state index is 12.7. The van der Waals surface area contributed by atoms with Crippen LogP contribution in [0.15, 0.2) is 36.5 Å². The topological polar surface area (TPSA) is 62.3 Å². The third kappa shape index (κ3) is 4.11. The highest BCUT2D eigenvalue weighted by Crippen LogP contribution is 2.36. The highest BCUT2D eigenvalue weighted by Gasteiger charge is 2.45. The van der Waals surface area contributed by atoms with Crippen molar-refractivity contribution >= 4 is 52.3 Å². The minimum absolute atomic E-state index is 0.111. The fraction of sp³-hybridized carbons (Fsp3) is 0.278. The average Bonchev–Trinajstić information content (AvgIpc) is 2.88. The van der Waals surface area contributed by atoms with Crippen LogP contribution in [0.5, 0.6) is 0 Å². The molecule has 1 aliphatic heterocycles. The van der Waals surface area contributed by atoms with Crippen molar-refractivity contribution in [3.8, 4) is 0 Å². The van der Waals surface area contributed by atoms with E-state index in [0.29, 0.717) is 27.4 Å². The molecule has 0 aliphatic carbocycles. The first-order valence-corrected chi connectivity index (χ1v) is 9.05. The Kier molecular flexibility index (Phi) is 5.42. The molecule has 0 bridgehead atoms. The number of benzene rings is 1. The summed E-state index contributed by atoms with van der Waals surface area (Å²) in [4.78, 5) is 30.6. The number of halogens is 3. The molecular formula is C18H16Cl3N3O2. The Labute approximate surface area is 166 Å². The molecule has 2 heterocycles. The maximum Gasteiger partial charge on any atom is 0.228 e. The van der Waals surface area contributed by atoms with Gasteiger partial charge in [0.25, 0.3) is 0 Å². The number of carbonyl (C=O) groups is 2. The van der Waals surface area contributed by atoms with E-state index in [1.165, 1.54) is 0 Å². The van der Waals surface area contributed by atoms with Gasteiger partial charge in [-0.2, -0.15) is 0 Å². The number of carbonyl (C=O) groups excluding carboxylic acids is 2. The van der Waals surface area contributed by atoms with Gasteiger partial charge in [0.1, 0.15) is 5.15 Å². The molecule has 136 valence electrons. The van der Waals surface area contributed by atoms with Gasteiger partial charge in [-0.1, -0.05) is 34.8 Å². The first-order chi connectivity index (χ1) is 12.3. The molecule has 3 rings (SSSR count). The summed E-state index contributed by atoms with van der Waals surface area (Å²) in [5.41, 5.74) is 0.581. The van der Waals surface area contributed by atoms with Crippen LogP contribution in [0.25, 0.3) is 0 Å². The minimum atomic E-state index is -0.845. The number of hydrogen-bond donors (Lipinski definition) is 1. The molecule has 1 aromatic heterocycles. The van der Waals surface area contributed by atoms with Gasteiger partial charge in [-0.3, -0.25) is 9.59 Å². The number of pyridine rings is 1. The minimum Gasteiger partial charge on any atom is -0.351 e. The summed E-state index contributed by atoms with van der Waals surface area (Å²) in [6, 6.07) is 8.37. The fourth-order valence-corrected chi connectivity index (χ4v) is 3.66.